The summed E-state index contributed by atoms with van der Waals surface area (Å²) in [4.78, 5) is 16.8. The molecule has 0 bridgehead atoms. The molecule has 2 rings (SSSR count). The second kappa shape index (κ2) is 10.2. The fourth-order valence-corrected chi connectivity index (χ4v) is 3.19. The highest BCUT2D eigenvalue weighted by molar-refractivity contribution is 5.46. The number of amides is 1. The highest BCUT2D eigenvalue weighted by Gasteiger charge is 2.25. The lowest BCUT2D eigenvalue weighted by Gasteiger charge is -2.42. The molecule has 1 saturated carbocycles. The van der Waals surface area contributed by atoms with Crippen molar-refractivity contribution in [3.63, 3.8) is 0 Å². The van der Waals surface area contributed by atoms with Crippen molar-refractivity contribution in [2.45, 2.75) is 77.9 Å². The molecule has 1 amide bonds. The van der Waals surface area contributed by atoms with E-state index in [2.05, 4.69) is 23.6 Å². The molecule has 0 aromatic rings. The molecule has 22 heavy (non-hydrogen) atoms. The highest BCUT2D eigenvalue weighted by Crippen LogP contribution is 2.23. The monoisotopic (exact) mass is 311 g/mol. The number of hydrogen-bond acceptors (Lipinski definition) is 3. The van der Waals surface area contributed by atoms with E-state index in [4.69, 9.17) is 0 Å². The van der Waals surface area contributed by atoms with E-state index in [0.717, 1.165) is 18.5 Å². The van der Waals surface area contributed by atoms with E-state index < -0.39 is 0 Å². The van der Waals surface area contributed by atoms with Gasteiger partial charge < -0.3 is 4.90 Å². The molecule has 1 aliphatic heterocycles. The van der Waals surface area contributed by atoms with Gasteiger partial charge in [0.05, 0.1) is 0 Å². The maximum Gasteiger partial charge on any atom is 0.209 e. The van der Waals surface area contributed by atoms with Crippen molar-refractivity contribution in [3.8, 4) is 0 Å². The van der Waals surface area contributed by atoms with Crippen LogP contribution >= 0.6 is 0 Å². The van der Waals surface area contributed by atoms with Crippen molar-refractivity contribution in [3.05, 3.63) is 0 Å². The largest absolute Gasteiger partial charge is 0.346 e. The molecule has 0 aromatic heterocycles. The van der Waals surface area contributed by atoms with Gasteiger partial charge in [0.15, 0.2) is 0 Å². The van der Waals surface area contributed by atoms with Gasteiger partial charge in [0.25, 0.3) is 0 Å². The third-order valence-electron chi connectivity index (χ3n) is 5.15. The Morgan fingerprint density at radius 2 is 1.50 bits per heavy atom. The van der Waals surface area contributed by atoms with Crippen molar-refractivity contribution in [2.24, 2.45) is 0 Å². The van der Waals surface area contributed by atoms with E-state index in [1.807, 2.05) is 13.8 Å². The topological polar surface area (TPSA) is 26.8 Å². The molecule has 4 nitrogen and oxygen atoms in total. The van der Waals surface area contributed by atoms with Gasteiger partial charge in [0.1, 0.15) is 0 Å². The number of carbonyl (C=O) groups excluding carboxylic acids is 1. The average molecular weight is 312 g/mol. The summed E-state index contributed by atoms with van der Waals surface area (Å²) in [5, 5.41) is 0. The fourth-order valence-electron chi connectivity index (χ4n) is 3.19. The zero-order chi connectivity index (χ0) is 16.5. The smallest absolute Gasteiger partial charge is 0.209 e. The molecule has 130 valence electrons. The summed E-state index contributed by atoms with van der Waals surface area (Å²) < 4.78 is 0. The van der Waals surface area contributed by atoms with Crippen molar-refractivity contribution >= 4 is 6.41 Å². The Kier molecular flexibility index (Phi) is 9.03. The highest BCUT2D eigenvalue weighted by atomic mass is 16.1. The van der Waals surface area contributed by atoms with Crippen LogP contribution in [0.25, 0.3) is 0 Å². The lowest BCUT2D eigenvalue weighted by molar-refractivity contribution is -0.118. The number of hydrogen-bond donors (Lipinski definition) is 0. The normalized spacial score (nSPS) is 21.6. The molecule has 0 unspecified atom stereocenters. The summed E-state index contributed by atoms with van der Waals surface area (Å²) in [6.07, 6.45) is 8.15. The molecule has 2 aliphatic rings. The van der Waals surface area contributed by atoms with E-state index in [1.54, 1.807) is 11.9 Å². The third kappa shape index (κ3) is 6.66. The van der Waals surface area contributed by atoms with Crippen molar-refractivity contribution in [1.29, 1.82) is 0 Å². The van der Waals surface area contributed by atoms with E-state index >= 15 is 0 Å². The van der Waals surface area contributed by atoms with Crippen LogP contribution in [0.1, 0.15) is 59.8 Å². The van der Waals surface area contributed by atoms with E-state index in [0.29, 0.717) is 6.04 Å². The first-order chi connectivity index (χ1) is 10.5. The van der Waals surface area contributed by atoms with Crippen LogP contribution in [-0.2, 0) is 4.79 Å². The summed E-state index contributed by atoms with van der Waals surface area (Å²) in [5.74, 6) is 0. The summed E-state index contributed by atoms with van der Waals surface area (Å²) in [6, 6.07) is 1.99. The Balaban J connectivity index is 0.000000295. The molecule has 1 heterocycles. The van der Waals surface area contributed by atoms with Crippen LogP contribution in [0, 0.1) is 0 Å². The minimum Gasteiger partial charge on any atom is -0.346 e. The van der Waals surface area contributed by atoms with Gasteiger partial charge >= 0.3 is 0 Å². The quantitative estimate of drug-likeness (QED) is 0.747. The van der Waals surface area contributed by atoms with Crippen LogP contribution in [-0.4, -0.2) is 72.5 Å². The van der Waals surface area contributed by atoms with Crippen LogP contribution in [0.4, 0.5) is 0 Å². The second-order valence-electron chi connectivity index (χ2n) is 7.32. The summed E-state index contributed by atoms with van der Waals surface area (Å²) >= 11 is 0. The predicted octanol–water partition coefficient (Wildman–Crippen LogP) is 2.83. The van der Waals surface area contributed by atoms with Gasteiger partial charge in [-0.2, -0.15) is 0 Å². The molecule has 0 N–H and O–H groups in total. The Hall–Kier alpha value is -0.610. The first-order valence-corrected chi connectivity index (χ1v) is 9.11. The molecule has 0 aromatic carbocycles. The number of piperazine rings is 1. The Morgan fingerprint density at radius 3 is 1.86 bits per heavy atom. The standard InChI is InChI=1S/C13H26N2.C5H11NO/c1-12(2)14-8-10-15(11-9-14)13-6-4-3-5-7-13;1-5(2)6(3)4-7/h12-13H,3-11H2,1-2H3;4-5H,1-3H3. The van der Waals surface area contributed by atoms with Crippen molar-refractivity contribution < 1.29 is 4.79 Å². The number of carbonyl (C=O) groups is 1. The van der Waals surface area contributed by atoms with Crippen molar-refractivity contribution in [2.75, 3.05) is 33.2 Å². The molecule has 0 atom stereocenters. The Bertz CT molecular complexity index is 293. The second-order valence-corrected chi connectivity index (χ2v) is 7.32. The number of nitrogens with zero attached hydrogens (tertiary/aromatic N) is 3. The average Bonchev–Trinajstić information content (AvgIpc) is 2.55. The van der Waals surface area contributed by atoms with E-state index in [-0.39, 0.29) is 0 Å². The minimum absolute atomic E-state index is 0.331. The zero-order valence-corrected chi connectivity index (χ0v) is 15.4. The maximum atomic E-state index is 9.87. The Morgan fingerprint density at radius 1 is 0.955 bits per heavy atom. The van der Waals surface area contributed by atoms with Crippen LogP contribution in [0.2, 0.25) is 0 Å². The van der Waals surface area contributed by atoms with Crippen LogP contribution in [0.5, 0.6) is 0 Å². The lowest BCUT2D eigenvalue weighted by Crippen LogP contribution is -2.52. The molecular formula is C18H37N3O. The minimum atomic E-state index is 0.331. The molecule has 1 saturated heterocycles. The third-order valence-corrected chi connectivity index (χ3v) is 5.15. The van der Waals surface area contributed by atoms with Gasteiger partial charge in [-0.25, -0.2) is 0 Å². The van der Waals surface area contributed by atoms with Gasteiger partial charge in [0.2, 0.25) is 6.41 Å². The molecule has 4 heteroatoms. The van der Waals surface area contributed by atoms with Gasteiger partial charge in [-0.05, 0) is 40.5 Å². The molecular weight excluding hydrogens is 274 g/mol. The van der Waals surface area contributed by atoms with Crippen LogP contribution < -0.4 is 0 Å². The van der Waals surface area contributed by atoms with Crippen molar-refractivity contribution in [1.82, 2.24) is 14.7 Å². The first kappa shape index (κ1) is 19.4. The summed E-state index contributed by atoms with van der Waals surface area (Å²) in [6.45, 7) is 13.8. The lowest BCUT2D eigenvalue weighted by atomic mass is 9.94. The van der Waals surface area contributed by atoms with E-state index in [9.17, 15) is 4.79 Å². The molecule has 2 fully saturated rings. The number of rotatable bonds is 4. The zero-order valence-electron chi connectivity index (χ0n) is 15.4. The predicted molar refractivity (Wildman–Crippen MR) is 94.1 cm³/mol. The van der Waals surface area contributed by atoms with Crippen LogP contribution in [0.3, 0.4) is 0 Å². The SMILES string of the molecule is CC(C)N(C)C=O.CC(C)N1CCN(C2CCCCC2)CC1. The van der Waals surface area contributed by atoms with Gasteiger partial charge in [0, 0.05) is 51.4 Å². The molecule has 1 aliphatic carbocycles. The van der Waals surface area contributed by atoms with E-state index in [1.165, 1.54) is 58.3 Å². The van der Waals surface area contributed by atoms with Gasteiger partial charge in [-0.15, -0.1) is 0 Å². The fraction of sp³-hybridized carbons (Fsp3) is 0.944. The Labute approximate surface area is 137 Å². The maximum absolute atomic E-state index is 9.87. The van der Waals surface area contributed by atoms with Crippen LogP contribution in [0.15, 0.2) is 0 Å². The molecule has 0 radical (unpaired) electrons. The summed E-state index contributed by atoms with van der Waals surface area (Å²) in [7, 11) is 1.76. The molecule has 0 spiro atoms. The summed E-state index contributed by atoms with van der Waals surface area (Å²) in [5.41, 5.74) is 0. The van der Waals surface area contributed by atoms with Gasteiger partial charge in [-0.3, -0.25) is 14.6 Å². The van der Waals surface area contributed by atoms with Gasteiger partial charge in [-0.1, -0.05) is 19.3 Å². The first-order valence-electron chi connectivity index (χ1n) is 9.11.